The standard InChI is InChI=1S/C12H11F3N2O4/c13-12(14,15)11(10(20)21)3-5-17(6-11)9(19)7-2-1-4-16-8(7)18/h1-2,4H,3,5-6H2,(H,16,18)(H,20,21). The van der Waals surface area contributed by atoms with Crippen LogP contribution in [0.1, 0.15) is 16.8 Å². The van der Waals surface area contributed by atoms with E-state index in [-0.39, 0.29) is 12.1 Å². The molecule has 1 aromatic heterocycles. The minimum atomic E-state index is -4.98. The molecule has 2 rings (SSSR count). The van der Waals surface area contributed by atoms with Crippen LogP contribution >= 0.6 is 0 Å². The molecule has 2 heterocycles. The van der Waals surface area contributed by atoms with Gasteiger partial charge in [-0.05, 0) is 18.6 Å². The summed E-state index contributed by atoms with van der Waals surface area (Å²) in [5, 5.41) is 8.90. The summed E-state index contributed by atoms with van der Waals surface area (Å²) in [5.74, 6) is -2.93. The molecule has 0 aliphatic carbocycles. The highest BCUT2D eigenvalue weighted by Crippen LogP contribution is 2.45. The van der Waals surface area contributed by atoms with E-state index in [0.29, 0.717) is 0 Å². The number of likely N-dealkylation sites (tertiary alicyclic amines) is 1. The van der Waals surface area contributed by atoms with Gasteiger partial charge in [-0.1, -0.05) is 0 Å². The van der Waals surface area contributed by atoms with Crippen molar-refractivity contribution in [3.05, 3.63) is 34.2 Å². The van der Waals surface area contributed by atoms with Crippen LogP contribution in [0.4, 0.5) is 13.2 Å². The molecule has 1 atom stereocenters. The van der Waals surface area contributed by atoms with E-state index in [1.54, 1.807) is 0 Å². The molecular formula is C12H11F3N2O4. The van der Waals surface area contributed by atoms with Gasteiger partial charge in [0.2, 0.25) is 0 Å². The molecule has 114 valence electrons. The molecule has 0 saturated carbocycles. The maximum Gasteiger partial charge on any atom is 0.406 e. The lowest BCUT2D eigenvalue weighted by molar-refractivity contribution is -0.227. The first kappa shape index (κ1) is 15.1. The zero-order chi connectivity index (χ0) is 15.8. The molecule has 0 radical (unpaired) electrons. The van der Waals surface area contributed by atoms with E-state index in [1.807, 2.05) is 0 Å². The van der Waals surface area contributed by atoms with Crippen LogP contribution in [0.2, 0.25) is 0 Å². The quantitative estimate of drug-likeness (QED) is 0.847. The third kappa shape index (κ3) is 2.39. The molecule has 0 spiro atoms. The van der Waals surface area contributed by atoms with Crippen molar-refractivity contribution < 1.29 is 27.9 Å². The summed E-state index contributed by atoms with van der Waals surface area (Å²) in [6.45, 7) is -1.38. The number of carboxylic acid groups (broad SMARTS) is 1. The molecule has 0 bridgehead atoms. The molecule has 1 aromatic rings. The average molecular weight is 304 g/mol. The number of aliphatic carboxylic acids is 1. The van der Waals surface area contributed by atoms with E-state index >= 15 is 0 Å². The van der Waals surface area contributed by atoms with Crippen molar-refractivity contribution in [3.63, 3.8) is 0 Å². The minimum Gasteiger partial charge on any atom is -0.481 e. The van der Waals surface area contributed by atoms with Gasteiger partial charge in [0.05, 0.1) is 0 Å². The third-order valence-electron chi connectivity index (χ3n) is 3.56. The number of aromatic nitrogens is 1. The fourth-order valence-electron chi connectivity index (χ4n) is 2.27. The Kier molecular flexibility index (Phi) is 3.52. The Morgan fingerprint density at radius 1 is 1.38 bits per heavy atom. The minimum absolute atomic E-state index is 0.319. The van der Waals surface area contributed by atoms with E-state index in [4.69, 9.17) is 5.11 Å². The SMILES string of the molecule is O=C(c1ccc[nH]c1=O)N1CCC(C(=O)O)(C(F)(F)F)C1. The molecule has 1 aliphatic heterocycles. The molecular weight excluding hydrogens is 293 g/mol. The number of aromatic amines is 1. The van der Waals surface area contributed by atoms with Crippen molar-refractivity contribution >= 4 is 11.9 Å². The van der Waals surface area contributed by atoms with Crippen molar-refractivity contribution in [2.24, 2.45) is 5.41 Å². The van der Waals surface area contributed by atoms with Crippen molar-refractivity contribution in [1.82, 2.24) is 9.88 Å². The van der Waals surface area contributed by atoms with Gasteiger partial charge in [-0.25, -0.2) is 0 Å². The summed E-state index contributed by atoms with van der Waals surface area (Å²) in [4.78, 5) is 37.5. The number of nitrogens with zero attached hydrogens (tertiary/aromatic N) is 1. The van der Waals surface area contributed by atoms with Gasteiger partial charge in [0, 0.05) is 19.3 Å². The molecule has 2 N–H and O–H groups in total. The molecule has 6 nitrogen and oxygen atoms in total. The van der Waals surface area contributed by atoms with Gasteiger partial charge < -0.3 is 15.0 Å². The van der Waals surface area contributed by atoms with Crippen LogP contribution < -0.4 is 5.56 Å². The summed E-state index contributed by atoms with van der Waals surface area (Å²) in [6.07, 6.45) is -4.43. The predicted octanol–water partition coefficient (Wildman–Crippen LogP) is 0.854. The lowest BCUT2D eigenvalue weighted by atomic mass is 9.86. The number of carbonyl (C=O) groups is 2. The zero-order valence-corrected chi connectivity index (χ0v) is 10.6. The topological polar surface area (TPSA) is 90.5 Å². The number of pyridine rings is 1. The fourth-order valence-corrected chi connectivity index (χ4v) is 2.27. The first-order valence-electron chi connectivity index (χ1n) is 5.96. The number of carboxylic acids is 1. The summed E-state index contributed by atoms with van der Waals surface area (Å²) >= 11 is 0. The molecule has 1 saturated heterocycles. The van der Waals surface area contributed by atoms with Gasteiger partial charge >= 0.3 is 12.1 Å². The van der Waals surface area contributed by atoms with Crippen LogP contribution in [0.3, 0.4) is 0 Å². The second-order valence-corrected chi connectivity index (χ2v) is 4.77. The van der Waals surface area contributed by atoms with Crippen LogP contribution in [-0.2, 0) is 4.79 Å². The fraction of sp³-hybridized carbons (Fsp3) is 0.417. The van der Waals surface area contributed by atoms with Crippen LogP contribution in [0.5, 0.6) is 0 Å². The second kappa shape index (κ2) is 4.90. The number of halogens is 3. The largest absolute Gasteiger partial charge is 0.481 e. The highest BCUT2D eigenvalue weighted by atomic mass is 19.4. The van der Waals surface area contributed by atoms with Crippen molar-refractivity contribution in [3.8, 4) is 0 Å². The van der Waals surface area contributed by atoms with Gasteiger partial charge in [-0.2, -0.15) is 13.2 Å². The first-order valence-corrected chi connectivity index (χ1v) is 5.96. The number of carbonyl (C=O) groups excluding carboxylic acids is 1. The average Bonchev–Trinajstić information content (AvgIpc) is 2.84. The van der Waals surface area contributed by atoms with E-state index in [2.05, 4.69) is 4.98 Å². The summed E-state index contributed by atoms with van der Waals surface area (Å²) in [6, 6.07) is 2.54. The summed E-state index contributed by atoms with van der Waals surface area (Å²) < 4.78 is 39.0. The van der Waals surface area contributed by atoms with Gasteiger partial charge in [0.15, 0.2) is 5.41 Å². The Labute approximate surface area is 116 Å². The Morgan fingerprint density at radius 2 is 2.05 bits per heavy atom. The number of hydrogen-bond acceptors (Lipinski definition) is 3. The first-order chi connectivity index (χ1) is 9.69. The Hall–Kier alpha value is -2.32. The van der Waals surface area contributed by atoms with Crippen LogP contribution in [0.25, 0.3) is 0 Å². The Bertz CT molecular complexity index is 640. The van der Waals surface area contributed by atoms with E-state index < -0.39 is 42.0 Å². The smallest absolute Gasteiger partial charge is 0.406 e. The molecule has 21 heavy (non-hydrogen) atoms. The van der Waals surface area contributed by atoms with E-state index in [9.17, 15) is 27.6 Å². The number of alkyl halides is 3. The molecule has 1 fully saturated rings. The number of hydrogen-bond donors (Lipinski definition) is 2. The van der Waals surface area contributed by atoms with Crippen molar-refractivity contribution in [1.29, 1.82) is 0 Å². The van der Waals surface area contributed by atoms with Gasteiger partial charge in [0.25, 0.3) is 11.5 Å². The van der Waals surface area contributed by atoms with E-state index in [0.717, 1.165) is 4.90 Å². The van der Waals surface area contributed by atoms with Crippen LogP contribution in [-0.4, -0.2) is 46.1 Å². The lowest BCUT2D eigenvalue weighted by Crippen LogP contribution is -2.48. The molecule has 1 amide bonds. The highest BCUT2D eigenvalue weighted by molar-refractivity contribution is 5.94. The molecule has 1 aliphatic rings. The van der Waals surface area contributed by atoms with E-state index in [1.165, 1.54) is 18.3 Å². The predicted molar refractivity (Wildman–Crippen MR) is 63.7 cm³/mol. The second-order valence-electron chi connectivity index (χ2n) is 4.77. The monoisotopic (exact) mass is 304 g/mol. The number of H-pyrrole nitrogens is 1. The van der Waals surface area contributed by atoms with Gasteiger partial charge in [-0.15, -0.1) is 0 Å². The van der Waals surface area contributed by atoms with Crippen LogP contribution in [0.15, 0.2) is 23.1 Å². The number of rotatable bonds is 2. The molecule has 0 aromatic carbocycles. The lowest BCUT2D eigenvalue weighted by Gasteiger charge is -2.27. The Morgan fingerprint density at radius 3 is 2.52 bits per heavy atom. The van der Waals surface area contributed by atoms with Crippen molar-refractivity contribution in [2.45, 2.75) is 12.6 Å². The van der Waals surface area contributed by atoms with Crippen molar-refractivity contribution in [2.75, 3.05) is 13.1 Å². The number of nitrogens with one attached hydrogen (secondary N) is 1. The highest BCUT2D eigenvalue weighted by Gasteiger charge is 2.64. The van der Waals surface area contributed by atoms with Gasteiger partial charge in [-0.3, -0.25) is 14.4 Å². The van der Waals surface area contributed by atoms with Gasteiger partial charge in [0.1, 0.15) is 5.56 Å². The summed E-state index contributed by atoms with van der Waals surface area (Å²) in [7, 11) is 0. The maximum atomic E-state index is 13.0. The van der Waals surface area contributed by atoms with Crippen LogP contribution in [0, 0.1) is 5.41 Å². The third-order valence-corrected chi connectivity index (χ3v) is 3.56. The number of amides is 1. The Balaban J connectivity index is 2.30. The molecule has 9 heteroatoms. The zero-order valence-electron chi connectivity index (χ0n) is 10.6. The maximum absolute atomic E-state index is 13.0. The normalized spacial score (nSPS) is 22.3. The molecule has 1 unspecified atom stereocenters. The summed E-state index contributed by atoms with van der Waals surface area (Å²) in [5.41, 5.74) is -4.03.